The zero-order valence-electron chi connectivity index (χ0n) is 20.6. The van der Waals surface area contributed by atoms with Crippen LogP contribution in [0.2, 0.25) is 0 Å². The lowest BCUT2D eigenvalue weighted by molar-refractivity contribution is 0.568. The van der Waals surface area contributed by atoms with E-state index in [0.29, 0.717) is 6.54 Å². The van der Waals surface area contributed by atoms with Gasteiger partial charge in [0.05, 0.1) is 28.1 Å². The highest BCUT2D eigenvalue weighted by molar-refractivity contribution is 5.97. The summed E-state index contributed by atoms with van der Waals surface area (Å²) in [6.45, 7) is 2.55. The van der Waals surface area contributed by atoms with Gasteiger partial charge >= 0.3 is 0 Å². The summed E-state index contributed by atoms with van der Waals surface area (Å²) in [5, 5.41) is 0.754. The number of rotatable bonds is 9. The van der Waals surface area contributed by atoms with Crippen LogP contribution < -0.4 is 22.2 Å². The molecule has 3 heterocycles. The molecule has 0 aliphatic heterocycles. The first-order chi connectivity index (χ1) is 18.0. The third kappa shape index (κ3) is 4.72. The second-order valence-electron chi connectivity index (χ2n) is 9.32. The molecule has 0 bridgehead atoms. The Hall–Kier alpha value is -4.39. The standard InChI is InChI=1S/C30H27N3O4/c1-2-3-4-5-16-32-27(34)23-17-25-26(18-24(23)28(32)35)30(37)33(29(25)36)19-22-10-8-20(9-11-22)6-7-21-12-14-31-15-13-21/h6-15,17-18H,2-5,16,19H2,1H3/b7-6+. The SMILES string of the molecule is CCCCCCn1c(=O)c2cc3c(=O)n(Cc4ccc(/C=C/c5ccncc5)cc4)c(=O)c3cc2c1=O. The minimum atomic E-state index is -0.453. The van der Waals surface area contributed by atoms with Crippen LogP contribution in [0.3, 0.4) is 0 Å². The van der Waals surface area contributed by atoms with Crippen molar-refractivity contribution in [1.82, 2.24) is 14.1 Å². The Balaban J connectivity index is 1.43. The molecule has 5 aromatic rings. The summed E-state index contributed by atoms with van der Waals surface area (Å²) in [5.41, 5.74) is 1.12. The number of unbranched alkanes of at least 4 members (excludes halogenated alkanes) is 3. The highest BCUT2D eigenvalue weighted by Gasteiger charge is 2.19. The lowest BCUT2D eigenvalue weighted by atomic mass is 10.1. The number of pyridine rings is 1. The monoisotopic (exact) mass is 493 g/mol. The molecule has 37 heavy (non-hydrogen) atoms. The molecule has 186 valence electrons. The molecule has 0 aliphatic rings. The normalized spacial score (nSPS) is 11.8. The number of hydrogen-bond donors (Lipinski definition) is 0. The quantitative estimate of drug-likeness (QED) is 0.288. The molecule has 7 heteroatoms. The van der Waals surface area contributed by atoms with Crippen LogP contribution in [0.5, 0.6) is 0 Å². The zero-order valence-corrected chi connectivity index (χ0v) is 20.6. The van der Waals surface area contributed by atoms with Crippen LogP contribution in [0.15, 0.2) is 80.1 Å². The molecule has 0 spiro atoms. The van der Waals surface area contributed by atoms with Crippen LogP contribution >= 0.6 is 0 Å². The maximum atomic E-state index is 13.1. The number of hydrogen-bond acceptors (Lipinski definition) is 5. The molecule has 0 radical (unpaired) electrons. The van der Waals surface area contributed by atoms with E-state index in [9.17, 15) is 19.2 Å². The first-order valence-corrected chi connectivity index (χ1v) is 12.6. The van der Waals surface area contributed by atoms with Gasteiger partial charge < -0.3 is 0 Å². The predicted molar refractivity (Wildman–Crippen MR) is 148 cm³/mol. The van der Waals surface area contributed by atoms with Crippen LogP contribution in [-0.4, -0.2) is 14.1 Å². The first-order valence-electron chi connectivity index (χ1n) is 12.6. The van der Waals surface area contributed by atoms with Crippen LogP contribution in [0, 0.1) is 0 Å². The molecule has 7 nitrogen and oxygen atoms in total. The van der Waals surface area contributed by atoms with Gasteiger partial charge in [-0.15, -0.1) is 0 Å². The van der Waals surface area contributed by atoms with Crippen LogP contribution in [-0.2, 0) is 13.1 Å². The van der Waals surface area contributed by atoms with Crippen molar-refractivity contribution in [3.63, 3.8) is 0 Å². The Kier molecular flexibility index (Phi) is 6.77. The summed E-state index contributed by atoms with van der Waals surface area (Å²) in [6.07, 6.45) is 11.2. The van der Waals surface area contributed by atoms with E-state index >= 15 is 0 Å². The summed E-state index contributed by atoms with van der Waals surface area (Å²) < 4.78 is 2.39. The van der Waals surface area contributed by atoms with E-state index in [2.05, 4.69) is 11.9 Å². The van der Waals surface area contributed by atoms with Gasteiger partial charge in [-0.05, 0) is 47.4 Å². The van der Waals surface area contributed by atoms with Crippen LogP contribution in [0.25, 0.3) is 33.7 Å². The molecule has 0 N–H and O–H groups in total. The van der Waals surface area contributed by atoms with E-state index in [0.717, 1.165) is 42.4 Å². The summed E-state index contributed by atoms with van der Waals surface area (Å²) in [4.78, 5) is 56.1. The van der Waals surface area contributed by atoms with E-state index in [4.69, 9.17) is 0 Å². The minimum absolute atomic E-state index is 0.108. The average molecular weight is 494 g/mol. The van der Waals surface area contributed by atoms with E-state index in [1.807, 2.05) is 48.6 Å². The highest BCUT2D eigenvalue weighted by Crippen LogP contribution is 2.16. The molecule has 5 rings (SSSR count). The first kappa shape index (κ1) is 24.3. The van der Waals surface area contributed by atoms with Gasteiger partial charge in [0.25, 0.3) is 22.2 Å². The van der Waals surface area contributed by atoms with Crippen molar-refractivity contribution in [1.29, 1.82) is 0 Å². The van der Waals surface area contributed by atoms with Gasteiger partial charge in [-0.1, -0.05) is 62.6 Å². The summed E-state index contributed by atoms with van der Waals surface area (Å²) in [7, 11) is 0. The van der Waals surface area contributed by atoms with E-state index < -0.39 is 22.2 Å². The van der Waals surface area contributed by atoms with Crippen molar-refractivity contribution >= 4 is 33.7 Å². The second kappa shape index (κ2) is 10.3. The molecule has 0 fully saturated rings. The lowest BCUT2D eigenvalue weighted by Crippen LogP contribution is -2.26. The van der Waals surface area contributed by atoms with Crippen LogP contribution in [0.1, 0.15) is 49.3 Å². The molecule has 0 saturated carbocycles. The fraction of sp³-hybridized carbons (Fsp3) is 0.233. The van der Waals surface area contributed by atoms with Crippen molar-refractivity contribution in [2.24, 2.45) is 0 Å². The Morgan fingerprint density at radius 3 is 1.70 bits per heavy atom. The maximum Gasteiger partial charge on any atom is 0.261 e. The number of fused-ring (bicyclic) bond motifs is 2. The van der Waals surface area contributed by atoms with Gasteiger partial charge in [0, 0.05) is 18.9 Å². The molecular weight excluding hydrogens is 466 g/mol. The Bertz CT molecular complexity index is 1720. The summed E-state index contributed by atoms with van der Waals surface area (Å²) >= 11 is 0. The highest BCUT2D eigenvalue weighted by atomic mass is 16.2. The Labute approximate surface area is 212 Å². The predicted octanol–water partition coefficient (Wildman–Crippen LogP) is 4.11. The summed E-state index contributed by atoms with van der Waals surface area (Å²) in [6, 6.07) is 14.3. The summed E-state index contributed by atoms with van der Waals surface area (Å²) in [5.74, 6) is 0. The zero-order chi connectivity index (χ0) is 25.9. The van der Waals surface area contributed by atoms with Gasteiger partial charge in [-0.3, -0.25) is 33.3 Å². The molecule has 0 atom stereocenters. The Morgan fingerprint density at radius 2 is 1.16 bits per heavy atom. The molecule has 2 aromatic carbocycles. The molecule has 0 aliphatic carbocycles. The van der Waals surface area contributed by atoms with Gasteiger partial charge in [-0.2, -0.15) is 0 Å². The molecule has 3 aromatic heterocycles. The largest absolute Gasteiger partial charge is 0.274 e. The van der Waals surface area contributed by atoms with Gasteiger partial charge in [0.1, 0.15) is 0 Å². The minimum Gasteiger partial charge on any atom is -0.274 e. The average Bonchev–Trinajstić information content (AvgIpc) is 3.30. The van der Waals surface area contributed by atoms with E-state index in [-0.39, 0.29) is 28.1 Å². The third-order valence-electron chi connectivity index (χ3n) is 6.79. The molecule has 0 saturated heterocycles. The fourth-order valence-electron chi connectivity index (χ4n) is 4.70. The van der Waals surface area contributed by atoms with Crippen molar-refractivity contribution in [2.45, 2.75) is 45.7 Å². The van der Waals surface area contributed by atoms with Crippen molar-refractivity contribution in [3.8, 4) is 0 Å². The van der Waals surface area contributed by atoms with Gasteiger partial charge in [0.15, 0.2) is 0 Å². The van der Waals surface area contributed by atoms with E-state index in [1.165, 1.54) is 21.3 Å². The van der Waals surface area contributed by atoms with Crippen molar-refractivity contribution in [2.75, 3.05) is 0 Å². The number of nitrogens with zero attached hydrogens (tertiary/aromatic N) is 3. The number of benzene rings is 2. The third-order valence-corrected chi connectivity index (χ3v) is 6.79. The van der Waals surface area contributed by atoms with Crippen molar-refractivity contribution in [3.05, 3.63) is 119 Å². The topological polar surface area (TPSA) is 91.0 Å². The molecule has 0 unspecified atom stereocenters. The number of aromatic nitrogens is 3. The molecule has 0 amide bonds. The maximum absolute atomic E-state index is 13.1. The lowest BCUT2D eigenvalue weighted by Gasteiger charge is -2.02. The second-order valence-corrected chi connectivity index (χ2v) is 9.32. The Morgan fingerprint density at radius 1 is 0.649 bits per heavy atom. The molecular formula is C30H27N3O4. The van der Waals surface area contributed by atoms with Crippen LogP contribution in [0.4, 0.5) is 0 Å². The smallest absolute Gasteiger partial charge is 0.261 e. The fourth-order valence-corrected chi connectivity index (χ4v) is 4.70. The van der Waals surface area contributed by atoms with Gasteiger partial charge in [0.2, 0.25) is 0 Å². The van der Waals surface area contributed by atoms with Gasteiger partial charge in [-0.25, -0.2) is 0 Å². The van der Waals surface area contributed by atoms with Crippen molar-refractivity contribution < 1.29 is 0 Å². The van der Waals surface area contributed by atoms with E-state index in [1.54, 1.807) is 12.4 Å².